The largest absolute Gasteiger partial charge is 0.356 e. The molecule has 6 heteroatoms. The molecule has 1 aromatic rings. The van der Waals surface area contributed by atoms with Gasteiger partial charge in [0.05, 0.1) is 0 Å². The summed E-state index contributed by atoms with van der Waals surface area (Å²) in [6, 6.07) is 8.52. The Balaban J connectivity index is 1.63. The van der Waals surface area contributed by atoms with Crippen LogP contribution in [0, 0.1) is 5.41 Å². The molecule has 6 nitrogen and oxygen atoms in total. The third-order valence-corrected chi connectivity index (χ3v) is 5.38. The minimum Gasteiger partial charge on any atom is -0.356 e. The van der Waals surface area contributed by atoms with Crippen LogP contribution in [0.3, 0.4) is 0 Å². The van der Waals surface area contributed by atoms with Gasteiger partial charge in [0.1, 0.15) is 0 Å². The van der Waals surface area contributed by atoms with Crippen molar-refractivity contribution in [2.45, 2.75) is 53.6 Å². The van der Waals surface area contributed by atoms with E-state index in [1.54, 1.807) is 0 Å². The summed E-state index contributed by atoms with van der Waals surface area (Å²) < 4.78 is 0. The van der Waals surface area contributed by atoms with Crippen LogP contribution in [0.15, 0.2) is 24.3 Å². The number of nitrogens with one attached hydrogen (secondary N) is 2. The Morgan fingerprint density at radius 3 is 2.10 bits per heavy atom. The van der Waals surface area contributed by atoms with Crippen molar-refractivity contribution in [1.82, 2.24) is 20.4 Å². The van der Waals surface area contributed by atoms with Crippen molar-refractivity contribution in [3.8, 4) is 0 Å². The van der Waals surface area contributed by atoms with Crippen LogP contribution in [-0.4, -0.2) is 60.9 Å². The predicted octanol–water partition coefficient (Wildman–Crippen LogP) is 2.38. The Bertz CT molecular complexity index is 644. The fourth-order valence-electron chi connectivity index (χ4n) is 3.29. The van der Waals surface area contributed by atoms with Crippen LogP contribution >= 0.6 is 0 Å². The van der Waals surface area contributed by atoms with Gasteiger partial charge in [0, 0.05) is 57.6 Å². The fraction of sp³-hybridized carbons (Fsp3) is 0.652. The summed E-state index contributed by atoms with van der Waals surface area (Å²) in [6.45, 7) is 15.6. The number of hydrogen-bond donors (Lipinski definition) is 2. The topological polar surface area (TPSA) is 64.7 Å². The summed E-state index contributed by atoms with van der Waals surface area (Å²) in [5.74, 6) is 0.0399. The molecular formula is C23H38N4O2. The van der Waals surface area contributed by atoms with Gasteiger partial charge in [-0.05, 0) is 24.1 Å². The number of amides is 2. The number of hydrogen-bond acceptors (Lipinski definition) is 4. The maximum Gasteiger partial charge on any atom is 0.225 e. The molecular weight excluding hydrogens is 364 g/mol. The molecule has 0 aliphatic carbocycles. The van der Waals surface area contributed by atoms with Crippen molar-refractivity contribution in [1.29, 1.82) is 0 Å². The van der Waals surface area contributed by atoms with Crippen LogP contribution in [0.2, 0.25) is 0 Å². The van der Waals surface area contributed by atoms with Crippen LogP contribution < -0.4 is 10.6 Å². The van der Waals surface area contributed by atoms with Gasteiger partial charge in [-0.1, -0.05) is 52.0 Å². The van der Waals surface area contributed by atoms with E-state index in [4.69, 9.17) is 0 Å². The number of piperazine rings is 1. The molecule has 0 spiro atoms. The van der Waals surface area contributed by atoms with Crippen LogP contribution in [0.5, 0.6) is 0 Å². The van der Waals surface area contributed by atoms with Crippen molar-refractivity contribution < 1.29 is 9.59 Å². The van der Waals surface area contributed by atoms with E-state index in [1.807, 2.05) is 20.8 Å². The molecule has 0 radical (unpaired) electrons. The van der Waals surface area contributed by atoms with Crippen molar-refractivity contribution in [2.75, 3.05) is 39.3 Å². The number of likely N-dealkylation sites (N-methyl/N-ethyl adjacent to an activating group) is 1. The molecule has 2 N–H and O–H groups in total. The number of carbonyl (C=O) groups is 2. The summed E-state index contributed by atoms with van der Waals surface area (Å²) in [5, 5.41) is 5.83. The van der Waals surface area contributed by atoms with Gasteiger partial charge in [-0.3, -0.25) is 14.5 Å². The number of benzene rings is 1. The van der Waals surface area contributed by atoms with Crippen LogP contribution in [0.25, 0.3) is 0 Å². The van der Waals surface area contributed by atoms with Crippen molar-refractivity contribution in [3.63, 3.8) is 0 Å². The highest BCUT2D eigenvalue weighted by atomic mass is 16.2. The van der Waals surface area contributed by atoms with Crippen molar-refractivity contribution >= 4 is 11.8 Å². The Labute approximate surface area is 176 Å². The third-order valence-electron chi connectivity index (χ3n) is 5.38. The molecule has 0 bridgehead atoms. The zero-order chi connectivity index (χ0) is 21.3. The number of nitrogens with zero attached hydrogens (tertiary/aromatic N) is 2. The van der Waals surface area contributed by atoms with Gasteiger partial charge >= 0.3 is 0 Å². The fourth-order valence-corrected chi connectivity index (χ4v) is 3.29. The van der Waals surface area contributed by atoms with E-state index < -0.39 is 5.41 Å². The minimum absolute atomic E-state index is 0.0187. The molecule has 1 aliphatic rings. The SMILES string of the molecule is CCN1CCN(Cc2ccc(CNC(=O)CCCNC(=O)C(C)(C)C)cc2)CC1. The molecule has 0 unspecified atom stereocenters. The minimum atomic E-state index is -0.391. The highest BCUT2D eigenvalue weighted by molar-refractivity contribution is 5.81. The first-order chi connectivity index (χ1) is 13.8. The van der Waals surface area contributed by atoms with Gasteiger partial charge < -0.3 is 15.5 Å². The second kappa shape index (κ2) is 11.3. The third kappa shape index (κ3) is 8.54. The quantitative estimate of drug-likeness (QED) is 0.623. The monoisotopic (exact) mass is 402 g/mol. The van der Waals surface area contributed by atoms with E-state index in [0.717, 1.165) is 44.8 Å². The van der Waals surface area contributed by atoms with E-state index in [9.17, 15) is 9.59 Å². The number of rotatable bonds is 9. The highest BCUT2D eigenvalue weighted by Crippen LogP contribution is 2.12. The summed E-state index contributed by atoms with van der Waals surface area (Å²) in [5.41, 5.74) is 2.04. The van der Waals surface area contributed by atoms with Crippen LogP contribution in [0.4, 0.5) is 0 Å². The zero-order valence-electron chi connectivity index (χ0n) is 18.6. The first-order valence-electron chi connectivity index (χ1n) is 10.9. The summed E-state index contributed by atoms with van der Waals surface area (Å²) >= 11 is 0. The van der Waals surface area contributed by atoms with Crippen molar-refractivity contribution in [2.24, 2.45) is 5.41 Å². The molecule has 2 rings (SSSR count). The first kappa shape index (κ1) is 23.4. The molecule has 1 saturated heterocycles. The lowest BCUT2D eigenvalue weighted by Gasteiger charge is -2.34. The average Bonchev–Trinajstić information content (AvgIpc) is 2.70. The van der Waals surface area contributed by atoms with E-state index in [2.05, 4.69) is 51.6 Å². The van der Waals surface area contributed by atoms with Gasteiger partial charge in [0.2, 0.25) is 11.8 Å². The second-order valence-corrected chi connectivity index (χ2v) is 8.91. The van der Waals surface area contributed by atoms with Gasteiger partial charge in [-0.15, -0.1) is 0 Å². The lowest BCUT2D eigenvalue weighted by atomic mass is 9.96. The Hall–Kier alpha value is -1.92. The lowest BCUT2D eigenvalue weighted by Crippen LogP contribution is -2.45. The summed E-state index contributed by atoms with van der Waals surface area (Å²) in [6.07, 6.45) is 1.07. The predicted molar refractivity (Wildman–Crippen MR) is 117 cm³/mol. The maximum absolute atomic E-state index is 12.0. The summed E-state index contributed by atoms with van der Waals surface area (Å²) in [7, 11) is 0. The molecule has 162 valence electrons. The zero-order valence-corrected chi connectivity index (χ0v) is 18.6. The molecule has 29 heavy (non-hydrogen) atoms. The number of carbonyl (C=O) groups excluding carboxylic acids is 2. The lowest BCUT2D eigenvalue weighted by molar-refractivity contribution is -0.128. The molecule has 0 atom stereocenters. The molecule has 2 amide bonds. The summed E-state index contributed by atoms with van der Waals surface area (Å²) in [4.78, 5) is 28.8. The standard InChI is InChI=1S/C23H38N4O2/c1-5-26-13-15-27(16-14-26)18-20-10-8-19(9-11-20)17-25-21(28)7-6-12-24-22(29)23(2,3)4/h8-11H,5-7,12-18H2,1-4H3,(H,24,29)(H,25,28). The van der Waals surface area contributed by atoms with Gasteiger partial charge in [0.25, 0.3) is 0 Å². The average molecular weight is 403 g/mol. The van der Waals surface area contributed by atoms with Crippen molar-refractivity contribution in [3.05, 3.63) is 35.4 Å². The van der Waals surface area contributed by atoms with E-state index >= 15 is 0 Å². The Kier molecular flexibility index (Phi) is 9.11. The van der Waals surface area contributed by atoms with Gasteiger partial charge in [-0.2, -0.15) is 0 Å². The molecule has 1 fully saturated rings. The van der Waals surface area contributed by atoms with E-state index in [1.165, 1.54) is 5.56 Å². The molecule has 1 aromatic carbocycles. The molecule has 0 aromatic heterocycles. The maximum atomic E-state index is 12.0. The van der Waals surface area contributed by atoms with E-state index in [-0.39, 0.29) is 11.8 Å². The Morgan fingerprint density at radius 1 is 0.931 bits per heavy atom. The van der Waals surface area contributed by atoms with Crippen LogP contribution in [-0.2, 0) is 22.7 Å². The second-order valence-electron chi connectivity index (χ2n) is 8.91. The molecule has 1 heterocycles. The van der Waals surface area contributed by atoms with Gasteiger partial charge in [0.15, 0.2) is 0 Å². The molecule has 1 aliphatic heterocycles. The smallest absolute Gasteiger partial charge is 0.225 e. The first-order valence-corrected chi connectivity index (χ1v) is 10.9. The normalized spacial score (nSPS) is 15.9. The van der Waals surface area contributed by atoms with Crippen LogP contribution in [0.1, 0.15) is 51.7 Å². The van der Waals surface area contributed by atoms with E-state index in [0.29, 0.717) is 25.9 Å². The highest BCUT2D eigenvalue weighted by Gasteiger charge is 2.20. The van der Waals surface area contributed by atoms with Gasteiger partial charge in [-0.25, -0.2) is 0 Å². The molecule has 0 saturated carbocycles. The Morgan fingerprint density at radius 2 is 1.52 bits per heavy atom.